The first-order valence-electron chi connectivity index (χ1n) is 9.58. The number of nitrogens with one attached hydrogen (secondary N) is 1. The Bertz CT molecular complexity index is 815. The van der Waals surface area contributed by atoms with E-state index in [1.54, 1.807) is 12.1 Å². The number of nitro benzene ring substituents is 1. The van der Waals surface area contributed by atoms with Crippen LogP contribution in [0.3, 0.4) is 0 Å². The van der Waals surface area contributed by atoms with Crippen LogP contribution in [0.15, 0.2) is 28.7 Å². The number of thiocarbonyl (C=S) groups is 1. The first-order valence-corrected chi connectivity index (χ1v) is 9.99. The number of non-ortho nitro benzene ring substituents is 1. The van der Waals surface area contributed by atoms with Crippen LogP contribution < -0.4 is 5.32 Å². The maximum atomic E-state index is 10.8. The van der Waals surface area contributed by atoms with Crippen LogP contribution in [0.5, 0.6) is 0 Å². The molecule has 1 aromatic carbocycles. The van der Waals surface area contributed by atoms with Gasteiger partial charge in [-0.1, -0.05) is 19.3 Å². The van der Waals surface area contributed by atoms with Crippen molar-refractivity contribution in [2.75, 3.05) is 0 Å². The molecule has 0 aliphatic heterocycles. The molecule has 150 valence electrons. The molecule has 2 aromatic rings. The Morgan fingerprint density at radius 1 is 1.29 bits per heavy atom. The van der Waals surface area contributed by atoms with E-state index >= 15 is 0 Å². The minimum atomic E-state index is -0.441. The summed E-state index contributed by atoms with van der Waals surface area (Å²) in [7, 11) is 0. The zero-order valence-electron chi connectivity index (χ0n) is 16.1. The zero-order valence-corrected chi connectivity index (χ0v) is 16.9. The number of hydrogen-bond donors (Lipinski definition) is 1. The second-order valence-electron chi connectivity index (χ2n) is 7.31. The maximum absolute atomic E-state index is 10.8. The van der Waals surface area contributed by atoms with E-state index in [1.165, 1.54) is 31.4 Å². The first kappa shape index (κ1) is 20.2. The summed E-state index contributed by atoms with van der Waals surface area (Å²) >= 11 is 5.63. The van der Waals surface area contributed by atoms with E-state index in [2.05, 4.69) is 29.4 Å². The molecule has 0 spiro atoms. The number of benzene rings is 1. The SMILES string of the molecule is CC(C)N(Cc1nnc(-c2ccc([N+](=O)[O-])cc2)o1)C(=S)NC1CCCCC1. The van der Waals surface area contributed by atoms with E-state index in [4.69, 9.17) is 16.6 Å². The topological polar surface area (TPSA) is 97.3 Å². The van der Waals surface area contributed by atoms with Crippen molar-refractivity contribution >= 4 is 23.0 Å². The van der Waals surface area contributed by atoms with Crippen LogP contribution in [0.4, 0.5) is 5.69 Å². The molecule has 0 bridgehead atoms. The highest BCUT2D eigenvalue weighted by molar-refractivity contribution is 7.80. The third kappa shape index (κ3) is 5.03. The van der Waals surface area contributed by atoms with Crippen molar-refractivity contribution in [1.29, 1.82) is 0 Å². The van der Waals surface area contributed by atoms with Crippen molar-refractivity contribution in [3.8, 4) is 11.5 Å². The van der Waals surface area contributed by atoms with Crippen molar-refractivity contribution in [3.63, 3.8) is 0 Å². The quantitative estimate of drug-likeness (QED) is 0.438. The van der Waals surface area contributed by atoms with Crippen LogP contribution in [-0.4, -0.2) is 37.2 Å². The molecule has 0 radical (unpaired) electrons. The molecule has 0 amide bonds. The Kier molecular flexibility index (Phi) is 6.56. The zero-order chi connectivity index (χ0) is 20.1. The molecule has 9 heteroatoms. The highest BCUT2D eigenvalue weighted by Crippen LogP contribution is 2.22. The monoisotopic (exact) mass is 403 g/mol. The van der Waals surface area contributed by atoms with Crippen LogP contribution in [-0.2, 0) is 6.54 Å². The molecule has 1 saturated carbocycles. The molecule has 28 heavy (non-hydrogen) atoms. The van der Waals surface area contributed by atoms with Gasteiger partial charge in [-0.15, -0.1) is 10.2 Å². The van der Waals surface area contributed by atoms with E-state index in [1.807, 2.05) is 4.90 Å². The van der Waals surface area contributed by atoms with Gasteiger partial charge in [-0.2, -0.15) is 0 Å². The highest BCUT2D eigenvalue weighted by Gasteiger charge is 2.21. The summed E-state index contributed by atoms with van der Waals surface area (Å²) in [6.07, 6.45) is 6.08. The van der Waals surface area contributed by atoms with Crippen molar-refractivity contribution in [2.45, 2.75) is 64.6 Å². The normalized spacial score (nSPS) is 14.8. The molecule has 8 nitrogen and oxygen atoms in total. The van der Waals surface area contributed by atoms with Crippen molar-refractivity contribution in [2.24, 2.45) is 0 Å². The van der Waals surface area contributed by atoms with Gasteiger partial charge in [0, 0.05) is 29.8 Å². The maximum Gasteiger partial charge on any atom is 0.269 e. The minimum absolute atomic E-state index is 0.0219. The predicted octanol–water partition coefficient (Wildman–Crippen LogP) is 4.06. The van der Waals surface area contributed by atoms with Crippen molar-refractivity contribution < 1.29 is 9.34 Å². The second kappa shape index (κ2) is 9.09. The van der Waals surface area contributed by atoms with E-state index in [9.17, 15) is 10.1 Å². The van der Waals surface area contributed by atoms with Gasteiger partial charge < -0.3 is 14.6 Å². The van der Waals surface area contributed by atoms with Gasteiger partial charge in [0.2, 0.25) is 11.8 Å². The predicted molar refractivity (Wildman–Crippen MR) is 110 cm³/mol. The van der Waals surface area contributed by atoms with E-state index in [0.717, 1.165) is 12.8 Å². The van der Waals surface area contributed by atoms with Gasteiger partial charge in [0.1, 0.15) is 0 Å². The number of nitro groups is 1. The van der Waals surface area contributed by atoms with E-state index < -0.39 is 4.92 Å². The Morgan fingerprint density at radius 3 is 2.57 bits per heavy atom. The summed E-state index contributed by atoms with van der Waals surface area (Å²) in [6, 6.07) is 6.65. The van der Waals surface area contributed by atoms with Gasteiger partial charge in [0.05, 0.1) is 11.5 Å². The molecule has 1 aliphatic carbocycles. The van der Waals surface area contributed by atoms with Crippen LogP contribution in [0.1, 0.15) is 51.8 Å². The molecule has 1 aromatic heterocycles. The van der Waals surface area contributed by atoms with Crippen LogP contribution in [0.25, 0.3) is 11.5 Å². The summed E-state index contributed by atoms with van der Waals surface area (Å²) < 4.78 is 5.77. The third-order valence-electron chi connectivity index (χ3n) is 4.91. The standard InChI is InChI=1S/C19H25N5O3S/c1-13(2)23(19(28)20-15-6-4-3-5-7-15)12-17-21-22-18(27-17)14-8-10-16(11-9-14)24(25)26/h8-11,13,15H,3-7,12H2,1-2H3,(H,20,28). The molecule has 0 saturated heterocycles. The fourth-order valence-electron chi connectivity index (χ4n) is 3.30. The second-order valence-corrected chi connectivity index (χ2v) is 7.70. The molecule has 3 rings (SSSR count). The Balaban J connectivity index is 1.66. The minimum Gasteiger partial charge on any atom is -0.419 e. The Morgan fingerprint density at radius 2 is 1.96 bits per heavy atom. The van der Waals surface area contributed by atoms with Gasteiger partial charge in [0.25, 0.3) is 5.69 Å². The molecule has 0 atom stereocenters. The number of rotatable bonds is 6. The first-order chi connectivity index (χ1) is 13.4. The number of aromatic nitrogens is 2. The molecule has 1 N–H and O–H groups in total. The molecule has 0 unspecified atom stereocenters. The lowest BCUT2D eigenvalue weighted by atomic mass is 9.96. The van der Waals surface area contributed by atoms with E-state index in [0.29, 0.717) is 35.0 Å². The summed E-state index contributed by atoms with van der Waals surface area (Å²) in [5, 5.41) is 23.2. The summed E-state index contributed by atoms with van der Waals surface area (Å²) in [6.45, 7) is 4.56. The molecular formula is C19H25N5O3S. The molecule has 1 heterocycles. The van der Waals surface area contributed by atoms with Gasteiger partial charge >= 0.3 is 0 Å². The Labute approximate surface area is 169 Å². The summed E-state index contributed by atoms with van der Waals surface area (Å²) in [5.74, 6) is 0.787. The lowest BCUT2D eigenvalue weighted by Crippen LogP contribution is -2.47. The average Bonchev–Trinajstić information content (AvgIpc) is 3.15. The largest absolute Gasteiger partial charge is 0.419 e. The Hall–Kier alpha value is -2.55. The van der Waals surface area contributed by atoms with E-state index in [-0.39, 0.29) is 11.7 Å². The highest BCUT2D eigenvalue weighted by atomic mass is 32.1. The lowest BCUT2D eigenvalue weighted by molar-refractivity contribution is -0.384. The van der Waals surface area contributed by atoms with Crippen LogP contribution in [0.2, 0.25) is 0 Å². The number of hydrogen-bond acceptors (Lipinski definition) is 6. The summed E-state index contributed by atoms with van der Waals surface area (Å²) in [4.78, 5) is 12.4. The van der Waals surface area contributed by atoms with Gasteiger partial charge in [-0.3, -0.25) is 10.1 Å². The molecule has 1 fully saturated rings. The average molecular weight is 404 g/mol. The van der Waals surface area contributed by atoms with Gasteiger partial charge in [0.15, 0.2) is 5.11 Å². The van der Waals surface area contributed by atoms with Crippen LogP contribution in [0, 0.1) is 10.1 Å². The number of nitrogens with zero attached hydrogens (tertiary/aromatic N) is 4. The van der Waals surface area contributed by atoms with Crippen molar-refractivity contribution in [1.82, 2.24) is 20.4 Å². The molecule has 1 aliphatic rings. The van der Waals surface area contributed by atoms with Gasteiger partial charge in [-0.05, 0) is 51.0 Å². The smallest absolute Gasteiger partial charge is 0.269 e. The third-order valence-corrected chi connectivity index (χ3v) is 5.27. The summed E-state index contributed by atoms with van der Waals surface area (Å²) in [5.41, 5.74) is 0.664. The van der Waals surface area contributed by atoms with Gasteiger partial charge in [-0.25, -0.2) is 0 Å². The molecular weight excluding hydrogens is 378 g/mol. The fourth-order valence-corrected chi connectivity index (χ4v) is 3.74. The fraction of sp³-hybridized carbons (Fsp3) is 0.526. The van der Waals surface area contributed by atoms with Crippen molar-refractivity contribution in [3.05, 3.63) is 40.3 Å². The van der Waals surface area contributed by atoms with Crippen LogP contribution >= 0.6 is 12.2 Å². The lowest BCUT2D eigenvalue weighted by Gasteiger charge is -2.32.